The first-order valence-electron chi connectivity index (χ1n) is 12.0. The number of amides is 1. The van der Waals surface area contributed by atoms with E-state index in [-0.39, 0.29) is 23.9 Å². The van der Waals surface area contributed by atoms with E-state index in [0.29, 0.717) is 30.0 Å². The van der Waals surface area contributed by atoms with Crippen LogP contribution in [0.1, 0.15) is 63.4 Å². The Hall–Kier alpha value is -3.70. The van der Waals surface area contributed by atoms with Crippen LogP contribution in [0.3, 0.4) is 0 Å². The highest BCUT2D eigenvalue weighted by atomic mass is 16.5. The number of piperidine rings is 1. The highest BCUT2D eigenvalue weighted by Crippen LogP contribution is 2.32. The maximum atomic E-state index is 12.7. The summed E-state index contributed by atoms with van der Waals surface area (Å²) < 4.78 is 6.61. The largest absolute Gasteiger partial charge is 0.457 e. The van der Waals surface area contributed by atoms with E-state index >= 15 is 0 Å². The van der Waals surface area contributed by atoms with Crippen molar-refractivity contribution in [3.8, 4) is 5.69 Å². The minimum Gasteiger partial charge on any atom is -0.457 e. The van der Waals surface area contributed by atoms with Gasteiger partial charge in [0.2, 0.25) is 0 Å². The maximum Gasteiger partial charge on any atom is 0.338 e. The van der Waals surface area contributed by atoms with Crippen LogP contribution in [-0.4, -0.2) is 73.3 Å². The number of aromatic nitrogens is 5. The fourth-order valence-corrected chi connectivity index (χ4v) is 5.12. The number of ether oxygens (including phenoxy) is 1. The van der Waals surface area contributed by atoms with Gasteiger partial charge in [-0.15, -0.1) is 5.10 Å². The van der Waals surface area contributed by atoms with E-state index in [1.54, 1.807) is 24.4 Å². The van der Waals surface area contributed by atoms with Gasteiger partial charge in [0.15, 0.2) is 0 Å². The van der Waals surface area contributed by atoms with Crippen molar-refractivity contribution in [2.24, 2.45) is 5.41 Å². The number of fused-ring (bicyclic) bond motifs is 1. The summed E-state index contributed by atoms with van der Waals surface area (Å²) in [5.41, 5.74) is 4.05. The number of aliphatic hydroxyl groups is 1. The Labute approximate surface area is 208 Å². The zero-order valence-corrected chi connectivity index (χ0v) is 20.3. The molecule has 2 aliphatic rings. The van der Waals surface area contributed by atoms with Gasteiger partial charge in [-0.1, -0.05) is 13.0 Å². The minimum atomic E-state index is -0.675. The number of benzene rings is 1. The number of cyclic esters (lactones) is 1. The van der Waals surface area contributed by atoms with Crippen molar-refractivity contribution in [2.75, 3.05) is 26.2 Å². The predicted molar refractivity (Wildman–Crippen MR) is 128 cm³/mol. The molecule has 0 spiro atoms. The van der Waals surface area contributed by atoms with Gasteiger partial charge in [0, 0.05) is 25.2 Å². The number of aliphatic hydroxyl groups excluding tert-OH is 1. The van der Waals surface area contributed by atoms with E-state index in [4.69, 9.17) is 4.74 Å². The number of hydrogen-bond acceptors (Lipinski definition) is 9. The number of nitrogens with zero attached hydrogens (tertiary/aromatic N) is 6. The van der Waals surface area contributed by atoms with Crippen LogP contribution in [0, 0.1) is 12.3 Å². The SMILES string of the molecule is Cc1c([C@H](O)CN2CCCC(C)(CNC(=O)c3ccc(-n4cnnn4)cn3)C2)ccc2c1COC2=O. The van der Waals surface area contributed by atoms with Gasteiger partial charge in [-0.3, -0.25) is 9.69 Å². The minimum absolute atomic E-state index is 0.132. The molecule has 0 bridgehead atoms. The molecule has 3 aromatic rings. The van der Waals surface area contributed by atoms with Crippen molar-refractivity contribution in [3.05, 3.63) is 64.7 Å². The van der Waals surface area contributed by atoms with E-state index in [1.807, 2.05) is 13.0 Å². The highest BCUT2D eigenvalue weighted by Gasteiger charge is 2.33. The molecule has 1 saturated heterocycles. The molecular weight excluding hydrogens is 462 g/mol. The van der Waals surface area contributed by atoms with Crippen LogP contribution in [0.4, 0.5) is 0 Å². The molecule has 1 unspecified atom stereocenters. The number of nitrogens with one attached hydrogen (secondary N) is 1. The van der Waals surface area contributed by atoms with Gasteiger partial charge >= 0.3 is 5.97 Å². The summed E-state index contributed by atoms with van der Waals surface area (Å²) >= 11 is 0. The van der Waals surface area contributed by atoms with Crippen LogP contribution in [0.5, 0.6) is 0 Å². The zero-order valence-electron chi connectivity index (χ0n) is 20.3. The standard InChI is InChI=1S/C25H29N7O4/c1-16-18(5-6-19-20(16)12-36-24(19)35)22(33)11-31-9-3-8-25(2,14-31)13-27-23(34)21-7-4-17(10-26-21)32-15-28-29-30-32/h4-7,10,15,22,33H,3,8-9,11-14H2,1-2H3,(H,27,34)/t22-,25?/m1/s1. The Kier molecular flexibility index (Phi) is 6.50. The van der Waals surface area contributed by atoms with E-state index in [2.05, 4.69) is 37.6 Å². The lowest BCUT2D eigenvalue weighted by atomic mass is 9.81. The van der Waals surface area contributed by atoms with Gasteiger partial charge in [0.1, 0.15) is 18.6 Å². The summed E-state index contributed by atoms with van der Waals surface area (Å²) in [5.74, 6) is -0.538. The molecule has 0 radical (unpaired) electrons. The van der Waals surface area contributed by atoms with Gasteiger partial charge in [0.05, 0.1) is 23.6 Å². The molecule has 5 rings (SSSR count). The monoisotopic (exact) mass is 491 g/mol. The third-order valence-electron chi connectivity index (χ3n) is 7.13. The van der Waals surface area contributed by atoms with Crippen LogP contribution in [-0.2, 0) is 11.3 Å². The lowest BCUT2D eigenvalue weighted by Gasteiger charge is -2.41. The molecule has 0 saturated carbocycles. The number of tetrazole rings is 1. The molecule has 2 aliphatic heterocycles. The van der Waals surface area contributed by atoms with Crippen LogP contribution < -0.4 is 5.32 Å². The molecule has 36 heavy (non-hydrogen) atoms. The number of rotatable bonds is 7. The Morgan fingerprint density at radius 3 is 2.92 bits per heavy atom. The number of likely N-dealkylation sites (tertiary alicyclic amines) is 1. The number of pyridine rings is 1. The van der Waals surface area contributed by atoms with Crippen LogP contribution in [0.15, 0.2) is 36.8 Å². The number of β-amino-alcohol motifs (C(OH)–C–C–N with tert-alkyl or cyclic N) is 1. The van der Waals surface area contributed by atoms with Crippen LogP contribution in [0.25, 0.3) is 5.69 Å². The lowest BCUT2D eigenvalue weighted by Crippen LogP contribution is -2.48. The summed E-state index contributed by atoms with van der Waals surface area (Å²) in [6, 6.07) is 6.96. The molecule has 11 nitrogen and oxygen atoms in total. The molecule has 4 heterocycles. The summed E-state index contributed by atoms with van der Waals surface area (Å²) in [6.45, 7) is 6.97. The zero-order chi connectivity index (χ0) is 25.3. The predicted octanol–water partition coefficient (Wildman–Crippen LogP) is 1.60. The van der Waals surface area contributed by atoms with E-state index in [0.717, 1.165) is 42.6 Å². The normalized spacial score (nSPS) is 20.6. The first kappa shape index (κ1) is 24.0. The summed E-state index contributed by atoms with van der Waals surface area (Å²) in [4.78, 5) is 31.0. The smallest absolute Gasteiger partial charge is 0.338 e. The molecule has 0 aliphatic carbocycles. The van der Waals surface area contributed by atoms with Crippen LogP contribution in [0.2, 0.25) is 0 Å². The molecule has 2 aromatic heterocycles. The van der Waals surface area contributed by atoms with Crippen molar-refractivity contribution in [3.63, 3.8) is 0 Å². The molecule has 1 amide bonds. The molecule has 11 heteroatoms. The number of hydrogen-bond donors (Lipinski definition) is 2. The quantitative estimate of drug-likeness (QED) is 0.472. The number of carbonyl (C=O) groups excluding carboxylic acids is 2. The fraction of sp³-hybridized carbons (Fsp3) is 0.440. The summed E-state index contributed by atoms with van der Waals surface area (Å²) in [5, 5.41) is 25.0. The van der Waals surface area contributed by atoms with Crippen LogP contribution >= 0.6 is 0 Å². The molecular formula is C25H29N7O4. The van der Waals surface area contributed by atoms with Crippen molar-refractivity contribution in [1.29, 1.82) is 0 Å². The van der Waals surface area contributed by atoms with Gasteiger partial charge in [-0.05, 0) is 71.5 Å². The molecule has 1 aromatic carbocycles. The lowest BCUT2D eigenvalue weighted by molar-refractivity contribution is 0.0502. The topological polar surface area (TPSA) is 135 Å². The third kappa shape index (κ3) is 4.84. The first-order chi connectivity index (χ1) is 17.3. The summed E-state index contributed by atoms with van der Waals surface area (Å²) in [7, 11) is 0. The summed E-state index contributed by atoms with van der Waals surface area (Å²) in [6.07, 6.45) is 4.29. The Morgan fingerprint density at radius 1 is 1.31 bits per heavy atom. The van der Waals surface area contributed by atoms with E-state index in [1.165, 1.54) is 11.0 Å². The molecule has 1 fully saturated rings. The van der Waals surface area contributed by atoms with Gasteiger partial charge in [-0.25, -0.2) is 9.78 Å². The average Bonchev–Trinajstić information content (AvgIpc) is 3.54. The fourth-order valence-electron chi connectivity index (χ4n) is 5.12. The maximum absolute atomic E-state index is 12.7. The van der Waals surface area contributed by atoms with E-state index < -0.39 is 6.10 Å². The Morgan fingerprint density at radius 2 is 2.17 bits per heavy atom. The Bertz CT molecular complexity index is 1260. The number of carbonyl (C=O) groups is 2. The van der Waals surface area contributed by atoms with Crippen molar-refractivity contribution < 1.29 is 19.4 Å². The van der Waals surface area contributed by atoms with Gasteiger partial charge < -0.3 is 15.2 Å². The van der Waals surface area contributed by atoms with Crippen molar-refractivity contribution in [2.45, 2.75) is 39.4 Å². The first-order valence-corrected chi connectivity index (χ1v) is 12.0. The second kappa shape index (κ2) is 9.75. The van der Waals surface area contributed by atoms with E-state index in [9.17, 15) is 14.7 Å². The number of esters is 1. The van der Waals surface area contributed by atoms with Crippen molar-refractivity contribution >= 4 is 11.9 Å². The van der Waals surface area contributed by atoms with Crippen molar-refractivity contribution in [1.82, 2.24) is 35.4 Å². The molecule has 188 valence electrons. The highest BCUT2D eigenvalue weighted by molar-refractivity contribution is 5.94. The third-order valence-corrected chi connectivity index (χ3v) is 7.13. The second-order valence-electron chi connectivity index (χ2n) is 9.89. The van der Waals surface area contributed by atoms with Gasteiger partial charge in [0.25, 0.3) is 5.91 Å². The second-order valence-corrected chi connectivity index (χ2v) is 9.89. The molecule has 2 atom stereocenters. The average molecular weight is 492 g/mol. The van der Waals surface area contributed by atoms with Gasteiger partial charge in [-0.2, -0.15) is 4.68 Å². The Balaban J connectivity index is 1.18. The molecule has 2 N–H and O–H groups in total.